The molecule has 176 valence electrons. The Morgan fingerprint density at radius 1 is 1.18 bits per heavy atom. The van der Waals surface area contributed by atoms with Crippen molar-refractivity contribution < 1.29 is 32.0 Å². The Kier molecular flexibility index (Phi) is 5.59. The molecule has 11 heteroatoms. The number of carbonyl (C=O) groups is 2. The maximum atomic E-state index is 13.3. The molecule has 3 aliphatic rings. The Balaban J connectivity index is 1.34. The average molecular weight is 464 g/mol. The second-order valence-corrected chi connectivity index (χ2v) is 8.75. The van der Waals surface area contributed by atoms with Crippen LogP contribution in [0.5, 0.6) is 0 Å². The number of aromatic nitrogens is 2. The van der Waals surface area contributed by atoms with Crippen molar-refractivity contribution in [3.05, 3.63) is 35.2 Å². The third-order valence-electron chi connectivity index (χ3n) is 6.63. The molecule has 3 heterocycles. The highest BCUT2D eigenvalue weighted by Crippen LogP contribution is 2.34. The van der Waals surface area contributed by atoms with Crippen molar-refractivity contribution in [3.8, 4) is 11.4 Å². The number of nitrogens with one attached hydrogen (secondary N) is 1. The van der Waals surface area contributed by atoms with Gasteiger partial charge in [0, 0.05) is 30.3 Å². The van der Waals surface area contributed by atoms with Gasteiger partial charge in [0.25, 0.3) is 5.91 Å². The summed E-state index contributed by atoms with van der Waals surface area (Å²) in [5.74, 6) is -2.05. The summed E-state index contributed by atoms with van der Waals surface area (Å²) in [6, 6.07) is 4.51. The smallest absolute Gasteiger partial charge is 0.381 e. The van der Waals surface area contributed by atoms with Crippen LogP contribution in [0.4, 0.5) is 13.2 Å². The van der Waals surface area contributed by atoms with Crippen LogP contribution in [-0.2, 0) is 22.3 Å². The number of hydrogen-bond acceptors (Lipinski definition) is 6. The van der Waals surface area contributed by atoms with Crippen molar-refractivity contribution in [1.29, 1.82) is 0 Å². The summed E-state index contributed by atoms with van der Waals surface area (Å²) in [4.78, 5) is 31.1. The summed E-state index contributed by atoms with van der Waals surface area (Å²) < 4.78 is 48.0. The number of amides is 2. The lowest BCUT2D eigenvalue weighted by Gasteiger charge is -2.38. The van der Waals surface area contributed by atoms with Crippen molar-refractivity contribution in [2.45, 2.75) is 56.9 Å². The number of halogens is 3. The minimum Gasteiger partial charge on any atom is -0.381 e. The lowest BCUT2D eigenvalue weighted by Crippen LogP contribution is -2.54. The summed E-state index contributed by atoms with van der Waals surface area (Å²) in [5, 5.41) is 6.54. The number of benzene rings is 1. The molecule has 1 unspecified atom stereocenters. The Labute approximate surface area is 187 Å². The normalized spacial score (nSPS) is 25.4. The van der Waals surface area contributed by atoms with E-state index in [1.807, 2.05) is 0 Å². The van der Waals surface area contributed by atoms with Crippen molar-refractivity contribution >= 4 is 11.8 Å². The number of fused-ring (bicyclic) bond motifs is 1. The van der Waals surface area contributed by atoms with Crippen LogP contribution in [0.3, 0.4) is 0 Å². The van der Waals surface area contributed by atoms with E-state index in [1.54, 1.807) is 17.0 Å². The number of hydrogen-bond donors (Lipinski definition) is 1. The quantitative estimate of drug-likeness (QED) is 0.747. The molecule has 33 heavy (non-hydrogen) atoms. The minimum absolute atomic E-state index is 0.0339. The maximum Gasteiger partial charge on any atom is 0.471 e. The van der Waals surface area contributed by atoms with E-state index >= 15 is 0 Å². The number of ether oxygens (including phenoxy) is 1. The van der Waals surface area contributed by atoms with Gasteiger partial charge in [-0.3, -0.25) is 9.59 Å². The predicted octanol–water partition coefficient (Wildman–Crippen LogP) is 3.18. The van der Waals surface area contributed by atoms with Gasteiger partial charge in [0.2, 0.25) is 11.7 Å². The molecular weight excluding hydrogens is 441 g/mol. The van der Waals surface area contributed by atoms with E-state index in [0.717, 1.165) is 31.2 Å². The number of alkyl halides is 3. The van der Waals surface area contributed by atoms with E-state index in [1.165, 1.54) is 6.07 Å². The van der Waals surface area contributed by atoms with E-state index in [0.29, 0.717) is 31.7 Å². The molecule has 1 aromatic carbocycles. The van der Waals surface area contributed by atoms with Gasteiger partial charge >= 0.3 is 12.1 Å². The zero-order valence-corrected chi connectivity index (χ0v) is 17.7. The number of carbonyl (C=O) groups excluding carboxylic acids is 2. The van der Waals surface area contributed by atoms with Gasteiger partial charge in [0.15, 0.2) is 0 Å². The fourth-order valence-corrected chi connectivity index (χ4v) is 4.88. The molecule has 2 aromatic rings. The van der Waals surface area contributed by atoms with E-state index in [2.05, 4.69) is 20.0 Å². The third kappa shape index (κ3) is 4.21. The average Bonchev–Trinajstić information content (AvgIpc) is 3.54. The van der Waals surface area contributed by atoms with Crippen LogP contribution in [0.25, 0.3) is 11.4 Å². The van der Waals surface area contributed by atoms with Gasteiger partial charge in [-0.05, 0) is 30.9 Å². The zero-order valence-electron chi connectivity index (χ0n) is 17.7. The van der Waals surface area contributed by atoms with Crippen LogP contribution in [0.1, 0.15) is 53.9 Å². The molecule has 2 amide bonds. The summed E-state index contributed by atoms with van der Waals surface area (Å²) in [5.41, 5.74) is 1.46. The van der Waals surface area contributed by atoms with E-state index < -0.39 is 12.1 Å². The monoisotopic (exact) mass is 464 g/mol. The highest BCUT2D eigenvalue weighted by Gasteiger charge is 2.41. The molecule has 1 N–H and O–H groups in total. The third-order valence-corrected chi connectivity index (χ3v) is 6.63. The molecule has 1 aromatic heterocycles. The van der Waals surface area contributed by atoms with E-state index in [4.69, 9.17) is 4.74 Å². The Morgan fingerprint density at radius 2 is 2.00 bits per heavy atom. The van der Waals surface area contributed by atoms with Crippen molar-refractivity contribution in [1.82, 2.24) is 20.4 Å². The fraction of sp³-hybridized carbons (Fsp3) is 0.545. The van der Waals surface area contributed by atoms with Gasteiger partial charge in [0.1, 0.15) is 0 Å². The Hall–Kier alpha value is -2.95. The molecule has 3 atom stereocenters. The SMILES string of the molecule is O=C(N[C@@H]1CCCC[C@H]1N1Cc2ccc(-c3noc(C(F)(F)F)n3)cc2C1=O)C1CCOC1. The lowest BCUT2D eigenvalue weighted by molar-refractivity contribution is -0.159. The largest absolute Gasteiger partial charge is 0.471 e. The first-order valence-electron chi connectivity index (χ1n) is 11.0. The Bertz CT molecular complexity index is 1060. The molecule has 5 rings (SSSR count). The van der Waals surface area contributed by atoms with Crippen molar-refractivity contribution in [2.24, 2.45) is 5.92 Å². The first-order valence-corrected chi connectivity index (χ1v) is 11.0. The van der Waals surface area contributed by atoms with Crippen LogP contribution in [-0.4, -0.2) is 52.2 Å². The molecule has 1 aliphatic carbocycles. The molecule has 0 spiro atoms. The van der Waals surface area contributed by atoms with Gasteiger partial charge in [-0.2, -0.15) is 18.2 Å². The van der Waals surface area contributed by atoms with Crippen LogP contribution in [0, 0.1) is 5.92 Å². The Morgan fingerprint density at radius 3 is 2.73 bits per heavy atom. The van der Waals surface area contributed by atoms with Crippen LogP contribution in [0.2, 0.25) is 0 Å². The molecule has 0 radical (unpaired) electrons. The summed E-state index contributed by atoms with van der Waals surface area (Å²) in [7, 11) is 0. The molecule has 8 nitrogen and oxygen atoms in total. The maximum absolute atomic E-state index is 13.3. The van der Waals surface area contributed by atoms with Crippen molar-refractivity contribution in [3.63, 3.8) is 0 Å². The summed E-state index contributed by atoms with van der Waals surface area (Å²) in [6.07, 6.45) is -0.540. The second-order valence-electron chi connectivity index (χ2n) is 8.75. The number of rotatable bonds is 4. The molecule has 1 saturated carbocycles. The molecule has 2 fully saturated rings. The topological polar surface area (TPSA) is 97.6 Å². The van der Waals surface area contributed by atoms with Crippen LogP contribution >= 0.6 is 0 Å². The van der Waals surface area contributed by atoms with Crippen LogP contribution < -0.4 is 5.32 Å². The first kappa shape index (κ1) is 21.9. The standard InChI is InChI=1S/C22H23F3N4O4/c23-22(24,25)21-27-18(28-33-21)12-5-6-13-10-29(20(31)15(13)9-12)17-4-2-1-3-16(17)26-19(30)14-7-8-32-11-14/h5-6,9,14,16-17H,1-4,7-8,10-11H2,(H,26,30)/t14?,16-,17-/m1/s1. The first-order chi connectivity index (χ1) is 15.8. The van der Waals surface area contributed by atoms with Crippen LogP contribution in [0.15, 0.2) is 22.7 Å². The van der Waals surface area contributed by atoms with Gasteiger partial charge in [0.05, 0.1) is 18.6 Å². The fourth-order valence-electron chi connectivity index (χ4n) is 4.88. The second kappa shape index (κ2) is 8.44. The highest BCUT2D eigenvalue weighted by molar-refractivity contribution is 5.99. The number of nitrogens with zero attached hydrogens (tertiary/aromatic N) is 3. The molecular formula is C22H23F3N4O4. The zero-order chi connectivity index (χ0) is 23.2. The molecule has 2 aliphatic heterocycles. The lowest BCUT2D eigenvalue weighted by atomic mass is 9.88. The van der Waals surface area contributed by atoms with Crippen molar-refractivity contribution in [2.75, 3.05) is 13.2 Å². The predicted molar refractivity (Wildman–Crippen MR) is 108 cm³/mol. The minimum atomic E-state index is -4.74. The van der Waals surface area contributed by atoms with Gasteiger partial charge in [-0.25, -0.2) is 0 Å². The van der Waals surface area contributed by atoms with E-state index in [-0.39, 0.29) is 41.2 Å². The van der Waals surface area contributed by atoms with E-state index in [9.17, 15) is 22.8 Å². The summed E-state index contributed by atoms with van der Waals surface area (Å²) >= 11 is 0. The molecule has 1 saturated heterocycles. The highest BCUT2D eigenvalue weighted by atomic mass is 19.4. The van der Waals surface area contributed by atoms with Gasteiger partial charge in [-0.15, -0.1) is 0 Å². The molecule has 0 bridgehead atoms. The summed E-state index contributed by atoms with van der Waals surface area (Å²) in [6.45, 7) is 1.39. The van der Waals surface area contributed by atoms with Gasteiger partial charge < -0.3 is 19.5 Å². The van der Waals surface area contributed by atoms with Gasteiger partial charge in [-0.1, -0.05) is 30.1 Å².